The van der Waals surface area contributed by atoms with Crippen molar-refractivity contribution in [3.63, 3.8) is 0 Å². The van der Waals surface area contributed by atoms with Crippen molar-refractivity contribution in [2.24, 2.45) is 5.92 Å². The lowest BCUT2D eigenvalue weighted by molar-refractivity contribution is -0.117. The van der Waals surface area contributed by atoms with Crippen LogP contribution in [0.25, 0.3) is 11.1 Å². The number of likely N-dealkylation sites (tertiary alicyclic amines) is 2. The first-order valence-electron chi connectivity index (χ1n) is 17.0. The SMILES string of the molecule is CNC(=O)c1nnc(NC(=O)C2CC2)cc1Nc1ccc(F)c2c1N(C)Cc1c-2cnn1C1CN(Cc2cccc(C(=O)N3CCCC3)n2)C1. The molecule has 0 radical (unpaired) electrons. The van der Waals surface area contributed by atoms with Crippen LogP contribution < -0.4 is 20.9 Å². The average molecular weight is 680 g/mol. The molecular weight excluding hydrogens is 641 g/mol. The first-order chi connectivity index (χ1) is 24.3. The highest BCUT2D eigenvalue weighted by molar-refractivity contribution is 6.01. The van der Waals surface area contributed by atoms with Gasteiger partial charge in [0.1, 0.15) is 11.5 Å². The Hall–Kier alpha value is -5.44. The zero-order valence-electron chi connectivity index (χ0n) is 27.9. The van der Waals surface area contributed by atoms with E-state index in [-0.39, 0.29) is 41.1 Å². The molecule has 0 unspecified atom stereocenters. The maximum atomic E-state index is 15.7. The molecule has 3 N–H and O–H groups in total. The van der Waals surface area contributed by atoms with Gasteiger partial charge in [0, 0.05) is 69.9 Å². The quantitative estimate of drug-likeness (QED) is 0.239. The van der Waals surface area contributed by atoms with Crippen LogP contribution in [0.1, 0.15) is 64.1 Å². The Balaban J connectivity index is 1.01. The molecule has 1 aromatic carbocycles. The molecule has 0 spiro atoms. The van der Waals surface area contributed by atoms with Gasteiger partial charge in [-0.3, -0.25) is 24.0 Å². The monoisotopic (exact) mass is 679 g/mol. The summed E-state index contributed by atoms with van der Waals surface area (Å²) in [6, 6.07) is 10.3. The lowest BCUT2D eigenvalue weighted by Crippen LogP contribution is -2.48. The first kappa shape index (κ1) is 31.8. The second-order valence-electron chi connectivity index (χ2n) is 13.4. The summed E-state index contributed by atoms with van der Waals surface area (Å²) >= 11 is 0. The standard InChI is InChI=1S/C35H38FN11O3/c1-37-34(49)31-27(14-29(42-43-31)41-33(48)20-8-9-20)40-25-11-10-24(36)30-23-15-38-47(28(23)19-44(2)32(25)30)22-17-45(18-22)16-21-6-5-7-26(39-21)35(50)46-12-3-4-13-46/h5-7,10-11,14-15,20,22H,3-4,8-9,12-13,16-19H2,1-2H3,(H,37,49)(H2,40,41,42,48). The highest BCUT2D eigenvalue weighted by atomic mass is 19.1. The number of anilines is 4. The fraction of sp³-hybridized carbons (Fsp3) is 0.400. The molecule has 4 aliphatic rings. The highest BCUT2D eigenvalue weighted by Crippen LogP contribution is 2.46. The van der Waals surface area contributed by atoms with Gasteiger partial charge in [0.2, 0.25) is 5.91 Å². The Kier molecular flexibility index (Phi) is 8.13. The number of carbonyl (C=O) groups is 3. The molecule has 3 fully saturated rings. The molecule has 1 saturated carbocycles. The second-order valence-corrected chi connectivity index (χ2v) is 13.4. The maximum Gasteiger partial charge on any atom is 0.273 e. The summed E-state index contributed by atoms with van der Waals surface area (Å²) in [5, 5.41) is 21.5. The van der Waals surface area contributed by atoms with Crippen molar-refractivity contribution in [1.82, 2.24) is 40.1 Å². The summed E-state index contributed by atoms with van der Waals surface area (Å²) in [5.74, 6) is -0.797. The topological polar surface area (TPSA) is 154 Å². The minimum absolute atomic E-state index is 0.00421. The second kappa shape index (κ2) is 12.8. The van der Waals surface area contributed by atoms with Gasteiger partial charge in [-0.05, 0) is 49.9 Å². The van der Waals surface area contributed by atoms with Crippen molar-refractivity contribution in [2.75, 3.05) is 55.8 Å². The van der Waals surface area contributed by atoms with E-state index >= 15 is 4.39 Å². The van der Waals surface area contributed by atoms with Crippen LogP contribution in [0.15, 0.2) is 42.6 Å². The molecule has 4 aromatic rings. The van der Waals surface area contributed by atoms with Crippen LogP contribution in [-0.2, 0) is 17.9 Å². The van der Waals surface area contributed by atoms with Crippen LogP contribution in [-0.4, -0.2) is 92.8 Å². The van der Waals surface area contributed by atoms with E-state index in [1.807, 2.05) is 33.7 Å². The minimum Gasteiger partial charge on any atom is -0.366 e. The Morgan fingerprint density at radius 2 is 1.82 bits per heavy atom. The van der Waals surface area contributed by atoms with E-state index in [9.17, 15) is 14.4 Å². The van der Waals surface area contributed by atoms with Crippen LogP contribution in [0.2, 0.25) is 0 Å². The molecule has 1 aliphatic carbocycles. The molecule has 0 atom stereocenters. The summed E-state index contributed by atoms with van der Waals surface area (Å²) in [6.45, 7) is 4.18. The molecule has 0 bridgehead atoms. The number of nitrogens with zero attached hydrogens (tertiary/aromatic N) is 8. The van der Waals surface area contributed by atoms with E-state index in [0.717, 1.165) is 63.3 Å². The van der Waals surface area contributed by atoms with E-state index in [1.54, 1.807) is 24.4 Å². The maximum absolute atomic E-state index is 15.7. The molecule has 3 amide bonds. The summed E-state index contributed by atoms with van der Waals surface area (Å²) in [4.78, 5) is 48.8. The Labute approximate surface area is 288 Å². The van der Waals surface area contributed by atoms with E-state index in [1.165, 1.54) is 13.1 Å². The third-order valence-corrected chi connectivity index (χ3v) is 9.86. The number of amides is 3. The Morgan fingerprint density at radius 1 is 1.02 bits per heavy atom. The number of halogens is 1. The molecule has 14 nitrogen and oxygen atoms in total. The number of fused-ring (bicyclic) bond motifs is 3. The van der Waals surface area contributed by atoms with Crippen LogP contribution >= 0.6 is 0 Å². The average Bonchev–Trinajstić information content (AvgIpc) is 3.66. The molecular formula is C35H38FN11O3. The van der Waals surface area contributed by atoms with E-state index in [0.29, 0.717) is 47.0 Å². The van der Waals surface area contributed by atoms with Gasteiger partial charge < -0.3 is 25.8 Å². The molecule has 2 saturated heterocycles. The first-order valence-corrected chi connectivity index (χ1v) is 17.0. The van der Waals surface area contributed by atoms with Gasteiger partial charge in [-0.25, -0.2) is 9.37 Å². The van der Waals surface area contributed by atoms with Crippen LogP contribution in [0, 0.1) is 11.7 Å². The van der Waals surface area contributed by atoms with Crippen LogP contribution in [0.4, 0.5) is 27.3 Å². The minimum atomic E-state index is -0.457. The summed E-state index contributed by atoms with van der Waals surface area (Å²) in [7, 11) is 3.39. The van der Waals surface area contributed by atoms with E-state index in [4.69, 9.17) is 5.10 Å². The zero-order valence-corrected chi connectivity index (χ0v) is 27.9. The summed E-state index contributed by atoms with van der Waals surface area (Å²) in [5.41, 5.74) is 4.93. The number of pyridine rings is 1. The van der Waals surface area contributed by atoms with Gasteiger partial charge >= 0.3 is 0 Å². The number of rotatable bonds is 9. The predicted molar refractivity (Wildman–Crippen MR) is 183 cm³/mol. The van der Waals surface area contributed by atoms with Gasteiger partial charge in [0.25, 0.3) is 11.8 Å². The van der Waals surface area contributed by atoms with Crippen molar-refractivity contribution in [3.05, 3.63) is 71.2 Å². The molecule has 6 heterocycles. The Morgan fingerprint density at radius 3 is 2.58 bits per heavy atom. The van der Waals surface area contributed by atoms with Crippen LogP contribution in [0.5, 0.6) is 0 Å². The van der Waals surface area contributed by atoms with Gasteiger partial charge in [0.15, 0.2) is 11.5 Å². The van der Waals surface area contributed by atoms with Gasteiger partial charge in [-0.15, -0.1) is 10.2 Å². The van der Waals surface area contributed by atoms with Gasteiger partial charge in [-0.2, -0.15) is 5.10 Å². The van der Waals surface area contributed by atoms with Crippen molar-refractivity contribution < 1.29 is 18.8 Å². The molecule has 15 heteroatoms. The number of hydrogen-bond acceptors (Lipinski definition) is 10. The number of aromatic nitrogens is 5. The molecule has 8 rings (SSSR count). The fourth-order valence-electron chi connectivity index (χ4n) is 7.07. The third kappa shape index (κ3) is 5.91. The highest BCUT2D eigenvalue weighted by Gasteiger charge is 2.36. The lowest BCUT2D eigenvalue weighted by atomic mass is 9.96. The van der Waals surface area contributed by atoms with Gasteiger partial charge in [0.05, 0.1) is 47.2 Å². The van der Waals surface area contributed by atoms with Crippen molar-refractivity contribution in [3.8, 4) is 11.1 Å². The predicted octanol–water partition coefficient (Wildman–Crippen LogP) is 3.57. The number of benzene rings is 1. The molecule has 258 valence electrons. The van der Waals surface area contributed by atoms with E-state index < -0.39 is 5.91 Å². The van der Waals surface area contributed by atoms with Gasteiger partial charge in [-0.1, -0.05) is 6.07 Å². The smallest absolute Gasteiger partial charge is 0.273 e. The Bertz CT molecular complexity index is 2000. The third-order valence-electron chi connectivity index (χ3n) is 9.86. The molecule has 3 aliphatic heterocycles. The normalized spacial score (nSPS) is 17.2. The molecule has 50 heavy (non-hydrogen) atoms. The molecule has 3 aromatic heterocycles. The van der Waals surface area contributed by atoms with Crippen molar-refractivity contribution in [1.29, 1.82) is 0 Å². The lowest BCUT2D eigenvalue weighted by Gasteiger charge is -2.40. The van der Waals surface area contributed by atoms with E-state index in [2.05, 4.69) is 36.0 Å². The fourth-order valence-corrected chi connectivity index (χ4v) is 7.07. The van der Waals surface area contributed by atoms with Crippen molar-refractivity contribution in [2.45, 2.75) is 44.8 Å². The van der Waals surface area contributed by atoms with Crippen LogP contribution in [0.3, 0.4) is 0 Å². The number of nitrogens with one attached hydrogen (secondary N) is 3. The summed E-state index contributed by atoms with van der Waals surface area (Å²) < 4.78 is 17.7. The summed E-state index contributed by atoms with van der Waals surface area (Å²) in [6.07, 6.45) is 5.47. The number of hydrogen-bond donors (Lipinski definition) is 3. The largest absolute Gasteiger partial charge is 0.366 e. The number of carbonyl (C=O) groups excluding carboxylic acids is 3. The zero-order chi connectivity index (χ0) is 34.5. The van der Waals surface area contributed by atoms with Crippen molar-refractivity contribution >= 4 is 40.6 Å².